The molecule has 0 aliphatic carbocycles. The molecule has 0 aromatic heterocycles. The largest absolute Gasteiger partial charge is 0.315 e. The zero-order valence-corrected chi connectivity index (χ0v) is 13.0. The predicted molar refractivity (Wildman–Crippen MR) is 81.0 cm³/mol. The van der Waals surface area contributed by atoms with Crippen molar-refractivity contribution in [1.82, 2.24) is 10.2 Å². The Bertz CT molecular complexity index is 203. The summed E-state index contributed by atoms with van der Waals surface area (Å²) < 4.78 is 0. The Morgan fingerprint density at radius 3 is 2.56 bits per heavy atom. The van der Waals surface area contributed by atoms with Crippen LogP contribution in [0.1, 0.15) is 59.8 Å². The summed E-state index contributed by atoms with van der Waals surface area (Å²) in [6.07, 6.45) is 6.76. The lowest BCUT2D eigenvalue weighted by Crippen LogP contribution is -2.42. The summed E-state index contributed by atoms with van der Waals surface area (Å²) in [6.45, 7) is 14.3. The van der Waals surface area contributed by atoms with Crippen LogP contribution in [0, 0.1) is 11.8 Å². The Kier molecular flexibility index (Phi) is 7.92. The van der Waals surface area contributed by atoms with Gasteiger partial charge in [0.05, 0.1) is 0 Å². The van der Waals surface area contributed by atoms with E-state index in [9.17, 15) is 0 Å². The minimum Gasteiger partial charge on any atom is -0.315 e. The molecule has 2 atom stereocenters. The molecule has 1 rings (SSSR count). The zero-order chi connectivity index (χ0) is 13.4. The molecule has 0 spiro atoms. The number of hydrogen-bond acceptors (Lipinski definition) is 2. The van der Waals surface area contributed by atoms with Crippen LogP contribution in [0.5, 0.6) is 0 Å². The fourth-order valence-corrected chi connectivity index (χ4v) is 3.15. The summed E-state index contributed by atoms with van der Waals surface area (Å²) in [5, 5.41) is 3.60. The van der Waals surface area contributed by atoms with Crippen molar-refractivity contribution in [3.05, 3.63) is 0 Å². The van der Waals surface area contributed by atoms with Crippen LogP contribution in [0.3, 0.4) is 0 Å². The average molecular weight is 254 g/mol. The maximum absolute atomic E-state index is 3.60. The van der Waals surface area contributed by atoms with Crippen molar-refractivity contribution in [3.8, 4) is 0 Å². The average Bonchev–Trinajstić information content (AvgIpc) is 2.60. The van der Waals surface area contributed by atoms with E-state index in [0.717, 1.165) is 17.9 Å². The summed E-state index contributed by atoms with van der Waals surface area (Å²) in [5.41, 5.74) is 0. The third kappa shape index (κ3) is 5.27. The van der Waals surface area contributed by atoms with Crippen LogP contribution in [0.2, 0.25) is 0 Å². The highest BCUT2D eigenvalue weighted by Gasteiger charge is 2.23. The van der Waals surface area contributed by atoms with E-state index in [0.29, 0.717) is 0 Å². The molecule has 0 aromatic carbocycles. The first kappa shape index (κ1) is 16.0. The van der Waals surface area contributed by atoms with Gasteiger partial charge in [-0.1, -0.05) is 27.7 Å². The molecule has 0 bridgehead atoms. The molecule has 2 unspecified atom stereocenters. The van der Waals surface area contributed by atoms with E-state index in [-0.39, 0.29) is 0 Å². The van der Waals surface area contributed by atoms with Gasteiger partial charge in [0.25, 0.3) is 0 Å². The SMILES string of the molecule is CCCNCC(CC)N1CCCC(C(C)C)CC1. The van der Waals surface area contributed by atoms with Crippen LogP contribution in [-0.4, -0.2) is 37.1 Å². The Morgan fingerprint density at radius 2 is 1.94 bits per heavy atom. The molecule has 1 N–H and O–H groups in total. The smallest absolute Gasteiger partial charge is 0.0218 e. The Hall–Kier alpha value is -0.0800. The van der Waals surface area contributed by atoms with E-state index in [1.807, 2.05) is 0 Å². The van der Waals surface area contributed by atoms with E-state index in [4.69, 9.17) is 0 Å². The molecule has 1 fully saturated rings. The second kappa shape index (κ2) is 8.92. The van der Waals surface area contributed by atoms with Gasteiger partial charge in [-0.05, 0) is 63.6 Å². The van der Waals surface area contributed by atoms with Crippen molar-refractivity contribution in [2.75, 3.05) is 26.2 Å². The van der Waals surface area contributed by atoms with E-state index in [1.54, 1.807) is 0 Å². The van der Waals surface area contributed by atoms with Crippen LogP contribution in [-0.2, 0) is 0 Å². The summed E-state index contributed by atoms with van der Waals surface area (Å²) in [7, 11) is 0. The molecular weight excluding hydrogens is 220 g/mol. The Balaban J connectivity index is 2.39. The first-order valence-electron chi connectivity index (χ1n) is 8.13. The van der Waals surface area contributed by atoms with Gasteiger partial charge in [-0.15, -0.1) is 0 Å². The highest BCUT2D eigenvalue weighted by molar-refractivity contribution is 4.78. The van der Waals surface area contributed by atoms with Crippen molar-refractivity contribution in [2.45, 2.75) is 65.8 Å². The van der Waals surface area contributed by atoms with Gasteiger partial charge in [0, 0.05) is 12.6 Å². The summed E-state index contributed by atoms with van der Waals surface area (Å²) in [4.78, 5) is 2.74. The Labute approximate surface area is 115 Å². The van der Waals surface area contributed by atoms with E-state index in [2.05, 4.69) is 37.9 Å². The minimum absolute atomic E-state index is 0.752. The number of hydrogen-bond donors (Lipinski definition) is 1. The first-order valence-corrected chi connectivity index (χ1v) is 8.13. The van der Waals surface area contributed by atoms with E-state index in [1.165, 1.54) is 58.3 Å². The van der Waals surface area contributed by atoms with E-state index >= 15 is 0 Å². The van der Waals surface area contributed by atoms with Crippen molar-refractivity contribution in [2.24, 2.45) is 11.8 Å². The molecule has 1 aliphatic heterocycles. The summed E-state index contributed by atoms with van der Waals surface area (Å²) >= 11 is 0. The van der Waals surface area contributed by atoms with Crippen molar-refractivity contribution >= 4 is 0 Å². The van der Waals surface area contributed by atoms with Gasteiger partial charge in [-0.25, -0.2) is 0 Å². The highest BCUT2D eigenvalue weighted by Crippen LogP contribution is 2.25. The summed E-state index contributed by atoms with van der Waals surface area (Å²) in [5.74, 6) is 1.82. The molecule has 18 heavy (non-hydrogen) atoms. The van der Waals surface area contributed by atoms with Gasteiger partial charge in [0.15, 0.2) is 0 Å². The molecule has 2 nitrogen and oxygen atoms in total. The monoisotopic (exact) mass is 254 g/mol. The number of rotatable bonds is 7. The lowest BCUT2D eigenvalue weighted by molar-refractivity contribution is 0.189. The number of likely N-dealkylation sites (tertiary alicyclic amines) is 1. The van der Waals surface area contributed by atoms with E-state index < -0.39 is 0 Å². The van der Waals surface area contributed by atoms with Gasteiger partial charge in [0.2, 0.25) is 0 Å². The molecule has 0 amide bonds. The predicted octanol–water partition coefficient (Wildman–Crippen LogP) is 3.52. The molecule has 0 radical (unpaired) electrons. The van der Waals surface area contributed by atoms with Gasteiger partial charge >= 0.3 is 0 Å². The topological polar surface area (TPSA) is 15.3 Å². The Morgan fingerprint density at radius 1 is 1.17 bits per heavy atom. The van der Waals surface area contributed by atoms with Gasteiger partial charge < -0.3 is 5.32 Å². The maximum atomic E-state index is 3.60. The van der Waals surface area contributed by atoms with Crippen LogP contribution < -0.4 is 5.32 Å². The first-order chi connectivity index (χ1) is 8.69. The quantitative estimate of drug-likeness (QED) is 0.699. The molecule has 0 saturated carbocycles. The molecule has 1 aliphatic rings. The van der Waals surface area contributed by atoms with Crippen molar-refractivity contribution in [1.29, 1.82) is 0 Å². The number of nitrogens with zero attached hydrogens (tertiary/aromatic N) is 1. The summed E-state index contributed by atoms with van der Waals surface area (Å²) in [6, 6.07) is 0.752. The standard InChI is InChI=1S/C16H34N2/c1-5-10-17-13-16(6-2)18-11-7-8-15(9-12-18)14(3)4/h14-17H,5-13H2,1-4H3. The molecule has 0 aromatic rings. The third-order valence-electron chi connectivity index (χ3n) is 4.54. The van der Waals surface area contributed by atoms with Crippen LogP contribution in [0.25, 0.3) is 0 Å². The van der Waals surface area contributed by atoms with Crippen LogP contribution >= 0.6 is 0 Å². The lowest BCUT2D eigenvalue weighted by Gasteiger charge is -2.30. The lowest BCUT2D eigenvalue weighted by atomic mass is 9.89. The zero-order valence-electron chi connectivity index (χ0n) is 13.0. The van der Waals surface area contributed by atoms with Gasteiger partial charge in [-0.3, -0.25) is 4.90 Å². The molecule has 108 valence electrons. The maximum Gasteiger partial charge on any atom is 0.0218 e. The van der Waals surface area contributed by atoms with Crippen molar-refractivity contribution < 1.29 is 0 Å². The molecule has 1 saturated heterocycles. The second-order valence-electron chi connectivity index (χ2n) is 6.24. The third-order valence-corrected chi connectivity index (χ3v) is 4.54. The molecular formula is C16H34N2. The normalized spacial score (nSPS) is 24.2. The van der Waals surface area contributed by atoms with Crippen LogP contribution in [0.15, 0.2) is 0 Å². The fraction of sp³-hybridized carbons (Fsp3) is 1.00. The van der Waals surface area contributed by atoms with Gasteiger partial charge in [0.1, 0.15) is 0 Å². The second-order valence-corrected chi connectivity index (χ2v) is 6.24. The van der Waals surface area contributed by atoms with Crippen molar-refractivity contribution in [3.63, 3.8) is 0 Å². The fourth-order valence-electron chi connectivity index (χ4n) is 3.15. The molecule has 1 heterocycles. The highest BCUT2D eigenvalue weighted by atomic mass is 15.2. The van der Waals surface area contributed by atoms with Gasteiger partial charge in [-0.2, -0.15) is 0 Å². The number of nitrogens with one attached hydrogen (secondary N) is 1. The van der Waals surface area contributed by atoms with Crippen LogP contribution in [0.4, 0.5) is 0 Å². The minimum atomic E-state index is 0.752. The molecule has 2 heteroatoms.